The first-order valence-electron chi connectivity index (χ1n) is 8.61. The van der Waals surface area contributed by atoms with Crippen molar-refractivity contribution in [1.29, 1.82) is 0 Å². The number of sulfonamides is 1. The first-order chi connectivity index (χ1) is 12.3. The Balaban J connectivity index is 1.62. The monoisotopic (exact) mass is 374 g/mol. The molecule has 26 heavy (non-hydrogen) atoms. The number of benzene rings is 1. The molecule has 8 heteroatoms. The second-order valence-electron chi connectivity index (χ2n) is 6.67. The Morgan fingerprint density at radius 1 is 1.38 bits per heavy atom. The molecule has 1 amide bonds. The molecule has 138 valence electrons. The molecule has 0 unspecified atom stereocenters. The molecule has 0 radical (unpaired) electrons. The largest absolute Gasteiger partial charge is 0.352 e. The Labute approximate surface area is 153 Å². The van der Waals surface area contributed by atoms with Gasteiger partial charge in [-0.15, -0.1) is 12.3 Å². The summed E-state index contributed by atoms with van der Waals surface area (Å²) < 4.78 is 25.2. The second kappa shape index (κ2) is 7.08. The van der Waals surface area contributed by atoms with Gasteiger partial charge in [0.2, 0.25) is 10.0 Å². The quantitative estimate of drug-likeness (QED) is 0.741. The number of rotatable bonds is 7. The van der Waals surface area contributed by atoms with Crippen molar-refractivity contribution in [3.05, 3.63) is 29.3 Å². The molecule has 1 aromatic rings. The van der Waals surface area contributed by atoms with Crippen molar-refractivity contribution in [2.24, 2.45) is 10.2 Å². The van der Waals surface area contributed by atoms with Crippen molar-refractivity contribution >= 4 is 21.6 Å². The van der Waals surface area contributed by atoms with E-state index in [4.69, 9.17) is 6.42 Å². The molecule has 0 atom stereocenters. The minimum Gasteiger partial charge on any atom is -0.352 e. The standard InChI is InChI=1S/C18H22N4O3S/c1-3-4-9-18(20-21-18)10-11-19-17(23)15-7-8-16-14(13-15)6-5-12-22(16)26(2,24)25/h1,7-8,13H,4-6,9-12H2,2H3,(H,19,23). The number of carbonyl (C=O) groups excluding carboxylic acids is 1. The summed E-state index contributed by atoms with van der Waals surface area (Å²) in [4.78, 5) is 12.4. The van der Waals surface area contributed by atoms with Gasteiger partial charge in [-0.2, -0.15) is 10.2 Å². The molecule has 7 nitrogen and oxygen atoms in total. The summed E-state index contributed by atoms with van der Waals surface area (Å²) >= 11 is 0. The van der Waals surface area contributed by atoms with Crippen LogP contribution in [0.1, 0.15) is 41.6 Å². The number of hydrogen-bond acceptors (Lipinski definition) is 5. The molecule has 2 aliphatic rings. The Hall–Kier alpha value is -2.40. The van der Waals surface area contributed by atoms with Crippen LogP contribution < -0.4 is 9.62 Å². The van der Waals surface area contributed by atoms with E-state index in [1.165, 1.54) is 10.6 Å². The fraction of sp³-hybridized carbons (Fsp3) is 0.500. The van der Waals surface area contributed by atoms with Crippen LogP contribution in [0, 0.1) is 12.3 Å². The molecule has 0 aromatic heterocycles. The predicted molar refractivity (Wildman–Crippen MR) is 99.6 cm³/mol. The number of amides is 1. The van der Waals surface area contributed by atoms with Gasteiger partial charge in [-0.3, -0.25) is 9.10 Å². The number of carbonyl (C=O) groups is 1. The Bertz CT molecular complexity index is 880. The van der Waals surface area contributed by atoms with Crippen LogP contribution in [0.3, 0.4) is 0 Å². The number of fused-ring (bicyclic) bond motifs is 1. The van der Waals surface area contributed by atoms with Gasteiger partial charge < -0.3 is 5.32 Å². The van der Waals surface area contributed by atoms with E-state index in [2.05, 4.69) is 21.5 Å². The lowest BCUT2D eigenvalue weighted by Gasteiger charge is -2.29. The van der Waals surface area contributed by atoms with Gasteiger partial charge >= 0.3 is 0 Å². The Morgan fingerprint density at radius 3 is 2.81 bits per heavy atom. The fourth-order valence-corrected chi connectivity index (χ4v) is 4.19. The maximum atomic E-state index is 12.4. The topological polar surface area (TPSA) is 91.2 Å². The minimum atomic E-state index is -3.31. The van der Waals surface area contributed by atoms with Crippen LogP contribution in [0.4, 0.5) is 5.69 Å². The lowest BCUT2D eigenvalue weighted by atomic mass is 10.0. The number of nitrogens with zero attached hydrogens (tertiary/aromatic N) is 3. The van der Waals surface area contributed by atoms with Crippen LogP contribution in [0.2, 0.25) is 0 Å². The van der Waals surface area contributed by atoms with E-state index in [1.807, 2.05) is 0 Å². The SMILES string of the molecule is C#CCCC1(CCNC(=O)c2ccc3c(c2)CCCN3S(C)(=O)=O)N=N1. The summed E-state index contributed by atoms with van der Waals surface area (Å²) in [5, 5.41) is 11.0. The van der Waals surface area contributed by atoms with Crippen LogP contribution >= 0.6 is 0 Å². The van der Waals surface area contributed by atoms with Crippen LogP contribution in [-0.4, -0.2) is 39.3 Å². The lowest BCUT2D eigenvalue weighted by molar-refractivity contribution is 0.0952. The van der Waals surface area contributed by atoms with Crippen molar-refractivity contribution in [2.75, 3.05) is 23.7 Å². The van der Waals surface area contributed by atoms with E-state index in [-0.39, 0.29) is 5.91 Å². The summed E-state index contributed by atoms with van der Waals surface area (Å²) in [6.07, 6.45) is 9.92. The number of anilines is 1. The third-order valence-electron chi connectivity index (χ3n) is 4.68. The highest BCUT2D eigenvalue weighted by molar-refractivity contribution is 7.92. The third kappa shape index (κ3) is 4.05. The van der Waals surface area contributed by atoms with E-state index in [9.17, 15) is 13.2 Å². The molecule has 1 N–H and O–H groups in total. The number of terminal acetylenes is 1. The van der Waals surface area contributed by atoms with Crippen molar-refractivity contribution in [3.63, 3.8) is 0 Å². The zero-order valence-corrected chi connectivity index (χ0v) is 15.6. The molecular weight excluding hydrogens is 352 g/mol. The molecule has 0 saturated heterocycles. The number of hydrogen-bond donors (Lipinski definition) is 1. The van der Waals surface area contributed by atoms with Crippen molar-refractivity contribution in [1.82, 2.24) is 5.32 Å². The summed E-state index contributed by atoms with van der Waals surface area (Å²) in [6.45, 7) is 0.938. The summed E-state index contributed by atoms with van der Waals surface area (Å²) in [7, 11) is -3.31. The number of nitrogens with one attached hydrogen (secondary N) is 1. The van der Waals surface area contributed by atoms with E-state index in [1.54, 1.807) is 18.2 Å². The minimum absolute atomic E-state index is 0.183. The van der Waals surface area contributed by atoms with Crippen molar-refractivity contribution in [2.45, 2.75) is 37.8 Å². The van der Waals surface area contributed by atoms with Crippen molar-refractivity contribution < 1.29 is 13.2 Å². The van der Waals surface area contributed by atoms with E-state index in [0.29, 0.717) is 43.6 Å². The first kappa shape index (κ1) is 18.4. The maximum absolute atomic E-state index is 12.4. The second-order valence-corrected chi connectivity index (χ2v) is 8.58. The van der Waals surface area contributed by atoms with Gasteiger partial charge in [-0.05, 0) is 36.6 Å². The van der Waals surface area contributed by atoms with Crippen LogP contribution in [0.15, 0.2) is 28.4 Å². The summed E-state index contributed by atoms with van der Waals surface area (Å²) in [6, 6.07) is 5.16. The van der Waals surface area contributed by atoms with Gasteiger partial charge in [0.25, 0.3) is 5.91 Å². The van der Waals surface area contributed by atoms with Gasteiger partial charge in [-0.25, -0.2) is 8.42 Å². The average molecular weight is 374 g/mol. The van der Waals surface area contributed by atoms with Crippen LogP contribution in [-0.2, 0) is 16.4 Å². The molecular formula is C18H22N4O3S. The smallest absolute Gasteiger partial charge is 0.251 e. The zero-order chi connectivity index (χ0) is 18.8. The molecule has 0 aliphatic carbocycles. The summed E-state index contributed by atoms with van der Waals surface area (Å²) in [5.74, 6) is 2.39. The third-order valence-corrected chi connectivity index (χ3v) is 5.86. The highest BCUT2D eigenvalue weighted by atomic mass is 32.2. The van der Waals surface area contributed by atoms with Gasteiger partial charge in [0.05, 0.1) is 11.9 Å². The lowest BCUT2D eigenvalue weighted by Crippen LogP contribution is -2.35. The zero-order valence-electron chi connectivity index (χ0n) is 14.7. The first-order valence-corrected chi connectivity index (χ1v) is 10.5. The molecule has 2 heterocycles. The van der Waals surface area contributed by atoms with Crippen LogP contribution in [0.25, 0.3) is 0 Å². The van der Waals surface area contributed by atoms with E-state index >= 15 is 0 Å². The van der Waals surface area contributed by atoms with E-state index in [0.717, 1.165) is 18.4 Å². The summed E-state index contributed by atoms with van der Waals surface area (Å²) in [5.41, 5.74) is 1.67. The van der Waals surface area contributed by atoms with Crippen molar-refractivity contribution in [3.8, 4) is 12.3 Å². The molecule has 0 fully saturated rings. The molecule has 1 aromatic carbocycles. The molecule has 3 rings (SSSR count). The van der Waals surface area contributed by atoms with Gasteiger partial charge in [-0.1, -0.05) is 0 Å². The van der Waals surface area contributed by atoms with Gasteiger partial charge in [0, 0.05) is 37.9 Å². The highest BCUT2D eigenvalue weighted by Crippen LogP contribution is 2.36. The Kier molecular flexibility index (Phi) is 5.01. The molecule has 2 aliphatic heterocycles. The average Bonchev–Trinajstić information content (AvgIpc) is 3.38. The fourth-order valence-electron chi connectivity index (χ4n) is 3.19. The van der Waals surface area contributed by atoms with Gasteiger partial charge in [0.15, 0.2) is 5.66 Å². The van der Waals surface area contributed by atoms with Gasteiger partial charge in [0.1, 0.15) is 0 Å². The predicted octanol–water partition coefficient (Wildman–Crippen LogP) is 2.09. The van der Waals surface area contributed by atoms with Crippen LogP contribution in [0.5, 0.6) is 0 Å². The molecule has 0 spiro atoms. The number of aryl methyl sites for hydroxylation is 1. The molecule has 0 bridgehead atoms. The normalized spacial score (nSPS) is 17.3. The Morgan fingerprint density at radius 2 is 2.15 bits per heavy atom. The maximum Gasteiger partial charge on any atom is 0.251 e. The highest BCUT2D eigenvalue weighted by Gasteiger charge is 2.38. The van der Waals surface area contributed by atoms with E-state index < -0.39 is 15.7 Å². The molecule has 0 saturated carbocycles.